The van der Waals surface area contributed by atoms with Crippen LogP contribution < -0.4 is 10.2 Å². The quantitative estimate of drug-likeness (QED) is 0.838. The van der Waals surface area contributed by atoms with Gasteiger partial charge in [0, 0.05) is 38.6 Å². The summed E-state index contributed by atoms with van der Waals surface area (Å²) in [6, 6.07) is 1.72. The molecule has 2 atom stereocenters. The van der Waals surface area contributed by atoms with E-state index in [0.29, 0.717) is 6.54 Å². The Balaban J connectivity index is 1.43. The lowest BCUT2D eigenvalue weighted by Gasteiger charge is -2.34. The predicted octanol–water partition coefficient (Wildman–Crippen LogP) is 0.799. The minimum atomic E-state index is -0.406. The molecule has 138 valence electrons. The van der Waals surface area contributed by atoms with Crippen molar-refractivity contribution in [2.24, 2.45) is 0 Å². The van der Waals surface area contributed by atoms with Gasteiger partial charge in [0.15, 0.2) is 0 Å². The third-order valence-electron chi connectivity index (χ3n) is 5.15. The van der Waals surface area contributed by atoms with Crippen molar-refractivity contribution < 1.29 is 9.90 Å². The molecule has 1 aromatic rings. The van der Waals surface area contributed by atoms with E-state index in [1.54, 1.807) is 12.4 Å². The Morgan fingerprint density at radius 2 is 1.76 bits per heavy atom. The number of aromatic nitrogens is 2. The van der Waals surface area contributed by atoms with E-state index in [-0.39, 0.29) is 11.9 Å². The standard InChI is InChI=1S/C18H29N5O2/c24-16-7-4-2-1-3-6-15(16)21-17(25)14-22-10-12-23(13-11-22)18-19-8-5-9-20-18/h5,8-9,15-16,24H,1-4,6-7,10-14H2,(H,21,25)/t15-,16-/m0/s1. The van der Waals surface area contributed by atoms with Crippen molar-refractivity contribution in [3.63, 3.8) is 0 Å². The molecule has 2 heterocycles. The van der Waals surface area contributed by atoms with Crippen molar-refractivity contribution in [1.82, 2.24) is 20.2 Å². The van der Waals surface area contributed by atoms with Gasteiger partial charge in [0.2, 0.25) is 11.9 Å². The van der Waals surface area contributed by atoms with Crippen LogP contribution in [0.5, 0.6) is 0 Å². The molecule has 0 spiro atoms. The molecule has 1 aliphatic heterocycles. The highest BCUT2D eigenvalue weighted by molar-refractivity contribution is 5.78. The fraction of sp³-hybridized carbons (Fsp3) is 0.722. The second kappa shape index (κ2) is 9.10. The topological polar surface area (TPSA) is 81.6 Å². The molecule has 1 saturated heterocycles. The summed E-state index contributed by atoms with van der Waals surface area (Å²) < 4.78 is 0. The normalized spacial score (nSPS) is 25.9. The molecule has 7 nitrogen and oxygen atoms in total. The van der Waals surface area contributed by atoms with Gasteiger partial charge in [0.25, 0.3) is 0 Å². The largest absolute Gasteiger partial charge is 0.391 e. The number of aliphatic hydroxyl groups excluding tert-OH is 1. The van der Waals surface area contributed by atoms with Gasteiger partial charge in [-0.3, -0.25) is 9.69 Å². The van der Waals surface area contributed by atoms with E-state index in [2.05, 4.69) is 25.1 Å². The van der Waals surface area contributed by atoms with Crippen molar-refractivity contribution in [2.75, 3.05) is 37.6 Å². The first-order chi connectivity index (χ1) is 12.2. The van der Waals surface area contributed by atoms with Crippen LogP contribution in [0.25, 0.3) is 0 Å². The maximum atomic E-state index is 12.4. The van der Waals surface area contributed by atoms with Gasteiger partial charge in [0.1, 0.15) is 0 Å². The van der Waals surface area contributed by atoms with Gasteiger partial charge in [-0.05, 0) is 18.9 Å². The van der Waals surface area contributed by atoms with Gasteiger partial charge in [-0.15, -0.1) is 0 Å². The molecule has 0 aromatic carbocycles. The maximum absolute atomic E-state index is 12.4. The average molecular weight is 347 g/mol. The van der Waals surface area contributed by atoms with Crippen molar-refractivity contribution in [2.45, 2.75) is 50.7 Å². The van der Waals surface area contributed by atoms with Crippen LogP contribution in [0, 0.1) is 0 Å². The third kappa shape index (κ3) is 5.37. The van der Waals surface area contributed by atoms with E-state index in [1.165, 1.54) is 12.8 Å². The summed E-state index contributed by atoms with van der Waals surface area (Å²) in [5.41, 5.74) is 0. The first kappa shape index (κ1) is 18.1. The Morgan fingerprint density at radius 1 is 1.08 bits per heavy atom. The third-order valence-corrected chi connectivity index (χ3v) is 5.15. The molecular formula is C18H29N5O2. The lowest BCUT2D eigenvalue weighted by Crippen LogP contribution is -2.52. The molecule has 0 radical (unpaired) electrons. The molecule has 0 bridgehead atoms. The summed E-state index contributed by atoms with van der Waals surface area (Å²) in [6.07, 6.45) is 9.29. The number of amides is 1. The number of piperazine rings is 1. The lowest BCUT2D eigenvalue weighted by atomic mass is 9.94. The molecule has 0 unspecified atom stereocenters. The van der Waals surface area contributed by atoms with Crippen LogP contribution in [0.3, 0.4) is 0 Å². The highest BCUT2D eigenvalue weighted by Crippen LogP contribution is 2.18. The van der Waals surface area contributed by atoms with Crippen LogP contribution in [-0.2, 0) is 4.79 Å². The van der Waals surface area contributed by atoms with Crippen LogP contribution >= 0.6 is 0 Å². The SMILES string of the molecule is O=C(CN1CCN(c2ncccn2)CC1)N[C@H]1CCCCCC[C@@H]1O. The zero-order valence-corrected chi connectivity index (χ0v) is 14.8. The van der Waals surface area contributed by atoms with Gasteiger partial charge < -0.3 is 15.3 Å². The lowest BCUT2D eigenvalue weighted by molar-refractivity contribution is -0.124. The summed E-state index contributed by atoms with van der Waals surface area (Å²) in [5.74, 6) is 0.776. The van der Waals surface area contributed by atoms with E-state index in [1.807, 2.05) is 6.07 Å². The highest BCUT2D eigenvalue weighted by Gasteiger charge is 2.25. The summed E-state index contributed by atoms with van der Waals surface area (Å²) in [7, 11) is 0. The summed E-state index contributed by atoms with van der Waals surface area (Å²) >= 11 is 0. The number of hydrogen-bond acceptors (Lipinski definition) is 6. The first-order valence-electron chi connectivity index (χ1n) is 9.44. The monoisotopic (exact) mass is 347 g/mol. The molecule has 7 heteroatoms. The Kier molecular flexibility index (Phi) is 6.58. The number of carbonyl (C=O) groups is 1. The van der Waals surface area contributed by atoms with Crippen molar-refractivity contribution >= 4 is 11.9 Å². The number of rotatable bonds is 4. The van der Waals surface area contributed by atoms with Gasteiger partial charge in [-0.2, -0.15) is 0 Å². The van der Waals surface area contributed by atoms with Crippen LogP contribution in [0.4, 0.5) is 5.95 Å². The summed E-state index contributed by atoms with van der Waals surface area (Å²) in [6.45, 7) is 3.68. The van der Waals surface area contributed by atoms with E-state index in [4.69, 9.17) is 0 Å². The first-order valence-corrected chi connectivity index (χ1v) is 9.44. The zero-order valence-electron chi connectivity index (χ0n) is 14.8. The maximum Gasteiger partial charge on any atom is 0.234 e. The zero-order chi connectivity index (χ0) is 17.5. The molecule has 1 aliphatic carbocycles. The molecule has 2 fully saturated rings. The highest BCUT2D eigenvalue weighted by atomic mass is 16.3. The van der Waals surface area contributed by atoms with Gasteiger partial charge in [-0.1, -0.05) is 25.7 Å². The van der Waals surface area contributed by atoms with Gasteiger partial charge in [0.05, 0.1) is 18.7 Å². The second-order valence-corrected chi connectivity index (χ2v) is 7.04. The fourth-order valence-electron chi connectivity index (χ4n) is 3.65. The molecule has 2 N–H and O–H groups in total. The van der Waals surface area contributed by atoms with Crippen LogP contribution in [0.1, 0.15) is 38.5 Å². The number of nitrogens with one attached hydrogen (secondary N) is 1. The minimum Gasteiger partial charge on any atom is -0.391 e. The Bertz CT molecular complexity index is 534. The van der Waals surface area contributed by atoms with Gasteiger partial charge in [-0.25, -0.2) is 9.97 Å². The molecule has 1 amide bonds. The summed E-state index contributed by atoms with van der Waals surface area (Å²) in [5, 5.41) is 13.3. The smallest absolute Gasteiger partial charge is 0.234 e. The minimum absolute atomic E-state index is 0.0223. The number of carbonyl (C=O) groups excluding carboxylic acids is 1. The molecule has 1 aromatic heterocycles. The second-order valence-electron chi connectivity index (χ2n) is 7.04. The Morgan fingerprint density at radius 3 is 2.48 bits per heavy atom. The molecule has 3 rings (SSSR count). The molecule has 2 aliphatic rings. The number of anilines is 1. The van der Waals surface area contributed by atoms with E-state index in [9.17, 15) is 9.90 Å². The Hall–Kier alpha value is -1.73. The summed E-state index contributed by atoms with van der Waals surface area (Å²) in [4.78, 5) is 25.2. The molecular weight excluding hydrogens is 318 g/mol. The van der Waals surface area contributed by atoms with E-state index < -0.39 is 6.10 Å². The van der Waals surface area contributed by atoms with Crippen LogP contribution in [0.15, 0.2) is 18.5 Å². The number of aliphatic hydroxyl groups is 1. The predicted molar refractivity (Wildman–Crippen MR) is 96.3 cm³/mol. The van der Waals surface area contributed by atoms with Gasteiger partial charge >= 0.3 is 0 Å². The van der Waals surface area contributed by atoms with Crippen LogP contribution in [-0.4, -0.2) is 70.8 Å². The fourth-order valence-corrected chi connectivity index (χ4v) is 3.65. The van der Waals surface area contributed by atoms with Crippen molar-refractivity contribution in [1.29, 1.82) is 0 Å². The number of hydrogen-bond donors (Lipinski definition) is 2. The number of nitrogens with zero attached hydrogens (tertiary/aromatic N) is 4. The Labute approximate surface area is 149 Å². The van der Waals surface area contributed by atoms with E-state index in [0.717, 1.165) is 57.8 Å². The van der Waals surface area contributed by atoms with Crippen molar-refractivity contribution in [3.8, 4) is 0 Å². The van der Waals surface area contributed by atoms with Crippen LogP contribution in [0.2, 0.25) is 0 Å². The molecule has 25 heavy (non-hydrogen) atoms. The van der Waals surface area contributed by atoms with E-state index >= 15 is 0 Å². The average Bonchev–Trinajstić information content (AvgIpc) is 2.63. The van der Waals surface area contributed by atoms with Crippen molar-refractivity contribution in [3.05, 3.63) is 18.5 Å². The molecule has 1 saturated carbocycles.